The van der Waals surface area contributed by atoms with Crippen molar-refractivity contribution in [3.63, 3.8) is 0 Å². The van der Waals surface area contributed by atoms with Crippen LogP contribution in [0.2, 0.25) is 0 Å². The first-order valence-corrected chi connectivity index (χ1v) is 10.1. The van der Waals surface area contributed by atoms with Crippen LogP contribution in [-0.4, -0.2) is 58.4 Å². The Labute approximate surface area is 170 Å². The van der Waals surface area contributed by atoms with Crippen molar-refractivity contribution < 1.29 is 28.3 Å². The largest absolute Gasteiger partial charge is 0.466 e. The first-order chi connectivity index (χ1) is 14.0. The van der Waals surface area contributed by atoms with E-state index in [4.69, 9.17) is 9.15 Å². The molecule has 0 unspecified atom stereocenters. The van der Waals surface area contributed by atoms with Gasteiger partial charge in [0.2, 0.25) is 5.91 Å². The number of amides is 3. The van der Waals surface area contributed by atoms with Gasteiger partial charge >= 0.3 is 5.97 Å². The van der Waals surface area contributed by atoms with Crippen LogP contribution in [0.15, 0.2) is 47.1 Å². The van der Waals surface area contributed by atoms with Crippen molar-refractivity contribution in [3.8, 4) is 0 Å². The van der Waals surface area contributed by atoms with Gasteiger partial charge < -0.3 is 14.1 Å². The van der Waals surface area contributed by atoms with E-state index in [0.717, 1.165) is 4.90 Å². The van der Waals surface area contributed by atoms with Crippen LogP contribution in [0.1, 0.15) is 38.8 Å². The molecule has 0 aliphatic carbocycles. The third kappa shape index (κ3) is 3.42. The summed E-state index contributed by atoms with van der Waals surface area (Å²) in [5.41, 5.74) is 0.695. The Morgan fingerprint density at radius 2 is 1.83 bits per heavy atom. The fraction of sp³-hybridized carbons (Fsp3) is 0.300. The van der Waals surface area contributed by atoms with Crippen molar-refractivity contribution in [1.82, 2.24) is 9.80 Å². The second kappa shape index (κ2) is 7.75. The number of hydrogen-bond donors (Lipinski definition) is 0. The van der Waals surface area contributed by atoms with Crippen LogP contribution in [-0.2, 0) is 14.3 Å². The second-order valence-corrected chi connectivity index (χ2v) is 7.73. The highest BCUT2D eigenvalue weighted by atomic mass is 32.2. The van der Waals surface area contributed by atoms with Crippen LogP contribution in [0.4, 0.5) is 0 Å². The Kier molecular flexibility index (Phi) is 5.14. The summed E-state index contributed by atoms with van der Waals surface area (Å²) in [7, 11) is 0. The molecule has 0 N–H and O–H groups in total. The highest BCUT2D eigenvalue weighted by Crippen LogP contribution is 2.41. The van der Waals surface area contributed by atoms with Crippen molar-refractivity contribution in [1.29, 1.82) is 0 Å². The van der Waals surface area contributed by atoms with Crippen LogP contribution in [0.3, 0.4) is 0 Å². The fourth-order valence-corrected chi connectivity index (χ4v) is 4.92. The molecule has 3 heterocycles. The Morgan fingerprint density at radius 3 is 2.41 bits per heavy atom. The van der Waals surface area contributed by atoms with Gasteiger partial charge in [-0.2, -0.15) is 0 Å². The molecule has 8 nitrogen and oxygen atoms in total. The molecule has 0 bridgehead atoms. The van der Waals surface area contributed by atoms with Crippen LogP contribution >= 0.6 is 11.8 Å². The molecule has 9 heteroatoms. The topological polar surface area (TPSA) is 97.1 Å². The number of nitrogens with zero attached hydrogens (tertiary/aromatic N) is 2. The zero-order valence-electron chi connectivity index (χ0n) is 15.6. The summed E-state index contributed by atoms with van der Waals surface area (Å²) < 4.78 is 10.7. The minimum atomic E-state index is -0.755. The summed E-state index contributed by atoms with van der Waals surface area (Å²) in [6, 6.07) is 9.29. The predicted molar refractivity (Wildman–Crippen MR) is 103 cm³/mol. The van der Waals surface area contributed by atoms with E-state index in [-0.39, 0.29) is 19.1 Å². The summed E-state index contributed by atoms with van der Waals surface area (Å²) in [5.74, 6) is -0.678. The van der Waals surface area contributed by atoms with E-state index in [1.54, 1.807) is 36.4 Å². The number of benzene rings is 1. The molecule has 0 saturated carbocycles. The third-order valence-corrected chi connectivity index (χ3v) is 6.14. The van der Waals surface area contributed by atoms with E-state index in [9.17, 15) is 19.2 Å². The van der Waals surface area contributed by atoms with Gasteiger partial charge in [-0.1, -0.05) is 12.1 Å². The monoisotopic (exact) mass is 414 g/mol. The van der Waals surface area contributed by atoms with Crippen molar-refractivity contribution in [2.45, 2.75) is 18.3 Å². The minimum absolute atomic E-state index is 0.0420. The first-order valence-electron chi connectivity index (χ1n) is 9.05. The van der Waals surface area contributed by atoms with Gasteiger partial charge in [-0.25, -0.2) is 4.79 Å². The number of ether oxygens (including phenoxy) is 1. The average Bonchev–Trinajstić information content (AvgIpc) is 3.43. The molecule has 2 aliphatic heterocycles. The van der Waals surface area contributed by atoms with Crippen LogP contribution in [0.5, 0.6) is 0 Å². The number of furan rings is 1. The average molecular weight is 414 g/mol. The van der Waals surface area contributed by atoms with Crippen molar-refractivity contribution in [2.24, 2.45) is 0 Å². The number of imide groups is 1. The van der Waals surface area contributed by atoms with E-state index in [0.29, 0.717) is 22.6 Å². The third-order valence-electron chi connectivity index (χ3n) is 4.86. The highest BCUT2D eigenvalue weighted by Gasteiger charge is 2.43. The number of rotatable bonds is 5. The van der Waals surface area contributed by atoms with E-state index < -0.39 is 29.2 Å². The van der Waals surface area contributed by atoms with Gasteiger partial charge in [0.1, 0.15) is 23.8 Å². The van der Waals surface area contributed by atoms with Crippen molar-refractivity contribution in [2.75, 3.05) is 18.9 Å². The van der Waals surface area contributed by atoms with Gasteiger partial charge in [0.25, 0.3) is 11.8 Å². The number of carbonyl (C=O) groups excluding carboxylic acids is 4. The summed E-state index contributed by atoms with van der Waals surface area (Å²) in [5, 5.41) is -0.392. The van der Waals surface area contributed by atoms with Gasteiger partial charge in [-0.15, -0.1) is 11.8 Å². The minimum Gasteiger partial charge on any atom is -0.466 e. The second-order valence-electron chi connectivity index (χ2n) is 6.62. The number of esters is 1. The standard InChI is InChI=1S/C20H18N2O6S/c1-12(23)22-15(11-29-19(22)16-7-4-9-27-16)20(26)28-10-8-21-17(24)13-5-2-3-6-14(13)18(21)25/h2-7,9,15,19H,8,10-11H2,1H3/t15-,19+/m0/s1. The summed E-state index contributed by atoms with van der Waals surface area (Å²) >= 11 is 1.42. The number of thioether (sulfide) groups is 1. The lowest BCUT2D eigenvalue weighted by molar-refractivity contribution is -0.153. The summed E-state index contributed by atoms with van der Waals surface area (Å²) in [6.07, 6.45) is 1.52. The molecule has 0 radical (unpaired) electrons. The molecule has 1 saturated heterocycles. The van der Waals surface area contributed by atoms with Crippen LogP contribution in [0, 0.1) is 0 Å². The van der Waals surface area contributed by atoms with E-state index in [1.165, 1.54) is 29.8 Å². The molecule has 0 spiro atoms. The van der Waals surface area contributed by atoms with E-state index in [1.807, 2.05) is 0 Å². The van der Waals surface area contributed by atoms with Crippen LogP contribution < -0.4 is 0 Å². The number of fused-ring (bicyclic) bond motifs is 1. The van der Waals surface area contributed by atoms with E-state index in [2.05, 4.69) is 0 Å². The van der Waals surface area contributed by atoms with Crippen molar-refractivity contribution >= 4 is 35.5 Å². The molecule has 150 valence electrons. The molecule has 2 atom stereocenters. The number of hydrogen-bond acceptors (Lipinski definition) is 7. The van der Waals surface area contributed by atoms with Gasteiger partial charge in [-0.3, -0.25) is 19.3 Å². The molecular weight excluding hydrogens is 396 g/mol. The lowest BCUT2D eigenvalue weighted by Crippen LogP contribution is -2.43. The lowest BCUT2D eigenvalue weighted by atomic mass is 10.1. The number of carbonyl (C=O) groups is 4. The quantitative estimate of drug-likeness (QED) is 0.546. The lowest BCUT2D eigenvalue weighted by Gasteiger charge is -2.26. The van der Waals surface area contributed by atoms with Crippen molar-refractivity contribution in [3.05, 3.63) is 59.5 Å². The predicted octanol–water partition coefficient (Wildman–Crippen LogP) is 2.08. The van der Waals surface area contributed by atoms with E-state index >= 15 is 0 Å². The molecular formula is C20H18N2O6S. The Bertz CT molecular complexity index is 938. The molecule has 1 aromatic heterocycles. The maximum atomic E-state index is 12.6. The molecule has 29 heavy (non-hydrogen) atoms. The zero-order chi connectivity index (χ0) is 20.5. The maximum Gasteiger partial charge on any atom is 0.329 e. The first kappa shape index (κ1) is 19.3. The van der Waals surface area contributed by atoms with Gasteiger partial charge in [0, 0.05) is 12.7 Å². The molecule has 1 aromatic carbocycles. The molecule has 2 aliphatic rings. The maximum absolute atomic E-state index is 12.6. The summed E-state index contributed by atoms with van der Waals surface area (Å²) in [6.45, 7) is 1.21. The molecule has 2 aromatic rings. The smallest absolute Gasteiger partial charge is 0.329 e. The SMILES string of the molecule is CC(=O)N1[C@@H](c2ccco2)SC[C@H]1C(=O)OCCN1C(=O)c2ccccc2C1=O. The van der Waals surface area contributed by atoms with Crippen LogP contribution in [0.25, 0.3) is 0 Å². The van der Waals surface area contributed by atoms with Gasteiger partial charge in [-0.05, 0) is 24.3 Å². The Hall–Kier alpha value is -3.07. The highest BCUT2D eigenvalue weighted by molar-refractivity contribution is 7.99. The molecule has 3 amide bonds. The normalized spacial score (nSPS) is 20.9. The fourth-order valence-electron chi connectivity index (χ4n) is 3.50. The Balaban J connectivity index is 1.37. The molecule has 4 rings (SSSR count). The Morgan fingerprint density at radius 1 is 1.14 bits per heavy atom. The summed E-state index contributed by atoms with van der Waals surface area (Å²) in [4.78, 5) is 51.9. The molecule has 1 fully saturated rings. The van der Waals surface area contributed by atoms with Gasteiger partial charge in [0.05, 0.1) is 23.9 Å². The zero-order valence-corrected chi connectivity index (χ0v) is 16.4. The van der Waals surface area contributed by atoms with Gasteiger partial charge in [0.15, 0.2) is 0 Å².